The van der Waals surface area contributed by atoms with Gasteiger partial charge in [0.25, 0.3) is 0 Å². The minimum atomic E-state index is 0.286. The Kier molecular flexibility index (Phi) is 5.17. The van der Waals surface area contributed by atoms with Crippen molar-refractivity contribution in [2.75, 3.05) is 25.5 Å². The van der Waals surface area contributed by atoms with Gasteiger partial charge in [-0.1, -0.05) is 13.0 Å². The summed E-state index contributed by atoms with van der Waals surface area (Å²) in [4.78, 5) is 6.33. The van der Waals surface area contributed by atoms with Gasteiger partial charge in [-0.2, -0.15) is 0 Å². The van der Waals surface area contributed by atoms with E-state index in [4.69, 9.17) is 4.74 Å². The van der Waals surface area contributed by atoms with Gasteiger partial charge in [-0.05, 0) is 37.2 Å². The third kappa shape index (κ3) is 4.20. The van der Waals surface area contributed by atoms with Crippen LogP contribution in [0.3, 0.4) is 0 Å². The van der Waals surface area contributed by atoms with Crippen LogP contribution in [-0.2, 0) is 0 Å². The lowest BCUT2D eigenvalue weighted by atomic mass is 10.1. The molecule has 2 aromatic rings. The van der Waals surface area contributed by atoms with Crippen LogP contribution in [0.2, 0.25) is 0 Å². The molecule has 112 valence electrons. The molecule has 1 atom stereocenters. The Morgan fingerprint density at radius 1 is 1.24 bits per heavy atom. The molecule has 0 fully saturated rings. The van der Waals surface area contributed by atoms with E-state index in [-0.39, 0.29) is 6.04 Å². The Balaban J connectivity index is 2.16. The Morgan fingerprint density at radius 3 is 2.76 bits per heavy atom. The van der Waals surface area contributed by atoms with Crippen molar-refractivity contribution in [1.82, 2.24) is 10.3 Å². The van der Waals surface area contributed by atoms with Crippen molar-refractivity contribution in [2.45, 2.75) is 19.9 Å². The lowest BCUT2D eigenvalue weighted by molar-refractivity contribution is 0.460. The number of benzene rings is 1. The summed E-state index contributed by atoms with van der Waals surface area (Å²) in [7, 11) is 4.02. The number of rotatable bonds is 6. The van der Waals surface area contributed by atoms with E-state index in [9.17, 15) is 0 Å². The van der Waals surface area contributed by atoms with Crippen LogP contribution in [0.4, 0.5) is 5.69 Å². The Labute approximate surface area is 126 Å². The molecule has 0 amide bonds. The summed E-state index contributed by atoms with van der Waals surface area (Å²) in [6.45, 7) is 5.17. The maximum Gasteiger partial charge on any atom is 0.219 e. The summed E-state index contributed by atoms with van der Waals surface area (Å²) in [6, 6.07) is 12.2. The van der Waals surface area contributed by atoms with Crippen molar-refractivity contribution in [3.05, 3.63) is 48.2 Å². The molecule has 0 saturated heterocycles. The minimum absolute atomic E-state index is 0.286. The zero-order valence-corrected chi connectivity index (χ0v) is 13.1. The minimum Gasteiger partial charge on any atom is -0.439 e. The molecule has 1 unspecified atom stereocenters. The topological polar surface area (TPSA) is 37.4 Å². The van der Waals surface area contributed by atoms with Crippen molar-refractivity contribution in [3.8, 4) is 11.6 Å². The number of pyridine rings is 1. The summed E-state index contributed by atoms with van der Waals surface area (Å²) in [5.41, 5.74) is 2.27. The summed E-state index contributed by atoms with van der Waals surface area (Å²) < 4.78 is 5.87. The SMILES string of the molecule is CCNC(C)c1ccnc(Oc2cccc(N(C)C)c2)c1. The van der Waals surface area contributed by atoms with Crippen LogP contribution in [0.15, 0.2) is 42.6 Å². The zero-order chi connectivity index (χ0) is 15.2. The molecule has 0 spiro atoms. The quantitative estimate of drug-likeness (QED) is 0.879. The van der Waals surface area contributed by atoms with E-state index in [0.29, 0.717) is 5.88 Å². The molecule has 1 N–H and O–H groups in total. The summed E-state index contributed by atoms with van der Waals surface area (Å²) in [6.07, 6.45) is 1.79. The zero-order valence-electron chi connectivity index (χ0n) is 13.1. The Bertz CT molecular complexity index is 584. The van der Waals surface area contributed by atoms with Gasteiger partial charge in [0.05, 0.1) is 0 Å². The molecule has 4 nitrogen and oxygen atoms in total. The third-order valence-electron chi connectivity index (χ3n) is 3.33. The highest BCUT2D eigenvalue weighted by Gasteiger charge is 2.07. The Hall–Kier alpha value is -2.07. The van der Waals surface area contributed by atoms with Crippen LogP contribution < -0.4 is 15.0 Å². The van der Waals surface area contributed by atoms with Gasteiger partial charge >= 0.3 is 0 Å². The van der Waals surface area contributed by atoms with Gasteiger partial charge in [0.1, 0.15) is 5.75 Å². The second-order valence-electron chi connectivity index (χ2n) is 5.20. The highest BCUT2D eigenvalue weighted by atomic mass is 16.5. The van der Waals surface area contributed by atoms with Crippen molar-refractivity contribution in [1.29, 1.82) is 0 Å². The predicted molar refractivity (Wildman–Crippen MR) is 87.2 cm³/mol. The summed E-state index contributed by atoms with van der Waals surface area (Å²) >= 11 is 0. The average Bonchev–Trinajstić information content (AvgIpc) is 2.48. The van der Waals surface area contributed by atoms with E-state index < -0.39 is 0 Å². The van der Waals surface area contributed by atoms with Crippen molar-refractivity contribution in [3.63, 3.8) is 0 Å². The average molecular weight is 285 g/mol. The predicted octanol–water partition coefficient (Wildman–Crippen LogP) is 3.61. The molecule has 1 aromatic carbocycles. The highest BCUT2D eigenvalue weighted by molar-refractivity contribution is 5.50. The smallest absolute Gasteiger partial charge is 0.219 e. The molecule has 0 radical (unpaired) electrons. The molecule has 0 aliphatic rings. The van der Waals surface area contributed by atoms with Crippen molar-refractivity contribution in [2.24, 2.45) is 0 Å². The number of nitrogens with zero attached hydrogens (tertiary/aromatic N) is 2. The van der Waals surface area contributed by atoms with E-state index >= 15 is 0 Å². The van der Waals surface area contributed by atoms with Crippen LogP contribution in [0.25, 0.3) is 0 Å². The molecule has 1 heterocycles. The van der Waals surface area contributed by atoms with E-state index in [2.05, 4.69) is 24.1 Å². The van der Waals surface area contributed by atoms with Crippen LogP contribution in [0.5, 0.6) is 11.6 Å². The first-order valence-corrected chi connectivity index (χ1v) is 7.24. The van der Waals surface area contributed by atoms with Crippen molar-refractivity contribution < 1.29 is 4.74 Å². The summed E-state index contributed by atoms with van der Waals surface area (Å²) in [5.74, 6) is 1.41. The molecule has 0 saturated carbocycles. The number of ether oxygens (including phenoxy) is 1. The second kappa shape index (κ2) is 7.09. The molecule has 0 bridgehead atoms. The monoisotopic (exact) mass is 285 g/mol. The van der Waals surface area contributed by atoms with E-state index in [1.807, 2.05) is 55.4 Å². The first-order chi connectivity index (χ1) is 10.1. The van der Waals surface area contributed by atoms with E-state index in [0.717, 1.165) is 18.0 Å². The normalized spacial score (nSPS) is 12.0. The largest absolute Gasteiger partial charge is 0.439 e. The second-order valence-corrected chi connectivity index (χ2v) is 5.20. The Morgan fingerprint density at radius 2 is 2.05 bits per heavy atom. The van der Waals surface area contributed by atoms with Gasteiger partial charge in [0.2, 0.25) is 5.88 Å². The van der Waals surface area contributed by atoms with E-state index in [1.165, 1.54) is 5.56 Å². The molecule has 0 aliphatic carbocycles. The molecule has 4 heteroatoms. The number of anilines is 1. The fourth-order valence-electron chi connectivity index (χ4n) is 2.12. The molecule has 0 aliphatic heterocycles. The molecule has 21 heavy (non-hydrogen) atoms. The maximum absolute atomic E-state index is 5.87. The van der Waals surface area contributed by atoms with Gasteiger partial charge in [-0.25, -0.2) is 4.98 Å². The number of nitrogens with one attached hydrogen (secondary N) is 1. The van der Waals surface area contributed by atoms with Crippen LogP contribution >= 0.6 is 0 Å². The van der Waals surface area contributed by atoms with Crippen LogP contribution in [0.1, 0.15) is 25.5 Å². The number of aromatic nitrogens is 1. The molecular weight excluding hydrogens is 262 g/mol. The van der Waals surface area contributed by atoms with Gasteiger partial charge in [-0.3, -0.25) is 0 Å². The molecule has 2 rings (SSSR count). The fraction of sp³-hybridized carbons (Fsp3) is 0.353. The first-order valence-electron chi connectivity index (χ1n) is 7.24. The third-order valence-corrected chi connectivity index (χ3v) is 3.33. The van der Waals surface area contributed by atoms with Gasteiger partial charge in [0.15, 0.2) is 0 Å². The lowest BCUT2D eigenvalue weighted by Crippen LogP contribution is -2.17. The lowest BCUT2D eigenvalue weighted by Gasteiger charge is -2.15. The molecule has 1 aromatic heterocycles. The maximum atomic E-state index is 5.87. The van der Waals surface area contributed by atoms with Crippen LogP contribution in [0, 0.1) is 0 Å². The fourth-order valence-corrected chi connectivity index (χ4v) is 2.12. The van der Waals surface area contributed by atoms with Crippen LogP contribution in [-0.4, -0.2) is 25.6 Å². The van der Waals surface area contributed by atoms with Gasteiger partial charge < -0.3 is 15.0 Å². The number of hydrogen-bond donors (Lipinski definition) is 1. The first kappa shape index (κ1) is 15.3. The highest BCUT2D eigenvalue weighted by Crippen LogP contribution is 2.25. The standard InChI is InChI=1S/C17H23N3O/c1-5-18-13(2)14-9-10-19-17(11-14)21-16-8-6-7-15(12-16)20(3)4/h6-13,18H,5H2,1-4H3. The van der Waals surface area contributed by atoms with E-state index in [1.54, 1.807) is 6.20 Å². The molecular formula is C17H23N3O. The van der Waals surface area contributed by atoms with Crippen molar-refractivity contribution >= 4 is 5.69 Å². The number of hydrogen-bond acceptors (Lipinski definition) is 4. The van der Waals surface area contributed by atoms with Gasteiger partial charge in [0, 0.05) is 44.2 Å². The summed E-state index contributed by atoms with van der Waals surface area (Å²) in [5, 5.41) is 3.39. The van der Waals surface area contributed by atoms with Gasteiger partial charge in [-0.15, -0.1) is 0 Å².